The maximum Gasteiger partial charge on any atom is 0.248 e. The summed E-state index contributed by atoms with van der Waals surface area (Å²) in [4.78, 5) is 25.2. The van der Waals surface area contributed by atoms with Crippen molar-refractivity contribution < 1.29 is 19.1 Å². The highest BCUT2D eigenvalue weighted by atomic mass is 35.5. The van der Waals surface area contributed by atoms with E-state index in [1.165, 1.54) is 27.2 Å². The molecule has 0 aromatic heterocycles. The molecule has 0 unspecified atom stereocenters. The normalized spacial score (nSPS) is 10.6. The Balaban J connectivity index is 2.08. The molecule has 2 amide bonds. The largest absolute Gasteiger partial charge is 0.493 e. The van der Waals surface area contributed by atoms with Gasteiger partial charge in [0, 0.05) is 32.3 Å². The van der Waals surface area contributed by atoms with E-state index in [9.17, 15) is 9.59 Å². The second kappa shape index (κ2) is 9.80. The van der Waals surface area contributed by atoms with Crippen LogP contribution < -0.4 is 14.8 Å². The zero-order valence-corrected chi connectivity index (χ0v) is 17.0. The first kappa shape index (κ1) is 21.3. The molecule has 0 aliphatic heterocycles. The number of rotatable bonds is 7. The molecule has 6 nitrogen and oxygen atoms in total. The van der Waals surface area contributed by atoms with Gasteiger partial charge in [0.2, 0.25) is 11.8 Å². The van der Waals surface area contributed by atoms with Gasteiger partial charge >= 0.3 is 0 Å². The number of nitrogens with one attached hydrogen (secondary N) is 1. The van der Waals surface area contributed by atoms with Crippen LogP contribution in [0.2, 0.25) is 5.02 Å². The van der Waals surface area contributed by atoms with E-state index in [0.29, 0.717) is 34.3 Å². The maximum atomic E-state index is 12.2. The topological polar surface area (TPSA) is 67.9 Å². The zero-order chi connectivity index (χ0) is 20.7. The van der Waals surface area contributed by atoms with E-state index in [1.807, 2.05) is 18.2 Å². The molecule has 0 saturated carbocycles. The molecule has 2 aromatic carbocycles. The highest BCUT2D eigenvalue weighted by Crippen LogP contribution is 2.36. The van der Waals surface area contributed by atoms with Crippen LogP contribution >= 0.6 is 11.6 Å². The molecule has 1 N–H and O–H groups in total. The summed E-state index contributed by atoms with van der Waals surface area (Å²) in [6, 6.07) is 10.8. The fourth-order valence-corrected chi connectivity index (χ4v) is 2.82. The van der Waals surface area contributed by atoms with Crippen molar-refractivity contribution in [3.63, 3.8) is 0 Å². The van der Waals surface area contributed by atoms with Gasteiger partial charge < -0.3 is 19.7 Å². The lowest BCUT2D eigenvalue weighted by atomic mass is 10.1. The number of carbonyl (C=O) groups excluding carboxylic acids is 2. The summed E-state index contributed by atoms with van der Waals surface area (Å²) in [6.07, 6.45) is 3.04. The number of anilines is 1. The van der Waals surface area contributed by atoms with Crippen LogP contribution in [0.25, 0.3) is 6.08 Å². The molecule has 0 fully saturated rings. The van der Waals surface area contributed by atoms with Crippen molar-refractivity contribution in [1.82, 2.24) is 4.90 Å². The molecular weight excluding hydrogens is 380 g/mol. The van der Waals surface area contributed by atoms with Crippen LogP contribution in [0.3, 0.4) is 0 Å². The summed E-state index contributed by atoms with van der Waals surface area (Å²) in [7, 11) is 4.75. The minimum absolute atomic E-state index is 0.0223. The molecule has 0 atom stereocenters. The fourth-order valence-electron chi connectivity index (χ4n) is 2.52. The summed E-state index contributed by atoms with van der Waals surface area (Å²) >= 11 is 6.17. The van der Waals surface area contributed by atoms with Gasteiger partial charge in [-0.15, -0.1) is 0 Å². The van der Waals surface area contributed by atoms with Crippen LogP contribution in [0.1, 0.15) is 18.1 Å². The minimum Gasteiger partial charge on any atom is -0.493 e. The molecule has 0 radical (unpaired) electrons. The van der Waals surface area contributed by atoms with Crippen LogP contribution in [-0.2, 0) is 16.1 Å². The van der Waals surface area contributed by atoms with Crippen molar-refractivity contribution in [2.24, 2.45) is 0 Å². The number of hydrogen-bond acceptors (Lipinski definition) is 4. The molecule has 2 rings (SSSR count). The molecule has 28 heavy (non-hydrogen) atoms. The third kappa shape index (κ3) is 5.76. The lowest BCUT2D eigenvalue weighted by Gasteiger charge is -2.15. The van der Waals surface area contributed by atoms with Crippen molar-refractivity contribution in [3.8, 4) is 11.5 Å². The van der Waals surface area contributed by atoms with Gasteiger partial charge in [-0.3, -0.25) is 9.59 Å². The molecule has 0 bridgehead atoms. The summed E-state index contributed by atoms with van der Waals surface area (Å²) in [5.74, 6) is 0.615. The Morgan fingerprint density at radius 1 is 1.18 bits per heavy atom. The predicted molar refractivity (Wildman–Crippen MR) is 111 cm³/mol. The summed E-state index contributed by atoms with van der Waals surface area (Å²) < 4.78 is 10.4. The van der Waals surface area contributed by atoms with Crippen LogP contribution in [0.4, 0.5) is 5.69 Å². The van der Waals surface area contributed by atoms with Gasteiger partial charge in [-0.05, 0) is 41.5 Å². The summed E-state index contributed by atoms with van der Waals surface area (Å²) in [6.45, 7) is 1.98. The predicted octanol–water partition coefficient (Wildman–Crippen LogP) is 3.99. The number of benzene rings is 2. The molecule has 7 heteroatoms. The number of hydrogen-bond donors (Lipinski definition) is 1. The lowest BCUT2D eigenvalue weighted by molar-refractivity contribution is -0.128. The van der Waals surface area contributed by atoms with Gasteiger partial charge in [0.05, 0.1) is 19.2 Å². The van der Waals surface area contributed by atoms with E-state index in [0.717, 1.165) is 5.56 Å². The standard InChI is InChI=1S/C21H23ClN2O4/c1-14(25)24(2)13-16-6-5-7-17(10-16)23-20(26)9-8-15-11-18(22)21(28-4)19(12-15)27-3/h5-12H,13H2,1-4H3,(H,23,26)/b9-8+. The average Bonchev–Trinajstić information content (AvgIpc) is 2.66. The molecule has 0 spiro atoms. The Morgan fingerprint density at radius 3 is 2.57 bits per heavy atom. The Labute approximate surface area is 169 Å². The third-order valence-corrected chi connectivity index (χ3v) is 4.32. The number of methoxy groups -OCH3 is 2. The third-order valence-electron chi connectivity index (χ3n) is 4.03. The Bertz CT molecular complexity index is 896. The number of amides is 2. The van der Waals surface area contributed by atoms with E-state index in [4.69, 9.17) is 21.1 Å². The smallest absolute Gasteiger partial charge is 0.248 e. The van der Waals surface area contributed by atoms with Crippen LogP contribution in [0, 0.1) is 0 Å². The lowest BCUT2D eigenvalue weighted by Crippen LogP contribution is -2.23. The monoisotopic (exact) mass is 402 g/mol. The Kier molecular flexibility index (Phi) is 7.46. The van der Waals surface area contributed by atoms with Crippen molar-refractivity contribution in [2.45, 2.75) is 13.5 Å². The van der Waals surface area contributed by atoms with E-state index >= 15 is 0 Å². The van der Waals surface area contributed by atoms with E-state index in [2.05, 4.69) is 5.32 Å². The SMILES string of the molecule is COc1cc(/C=C/C(=O)Nc2cccc(CN(C)C(C)=O)c2)cc(Cl)c1OC. The average molecular weight is 403 g/mol. The van der Waals surface area contributed by atoms with Crippen LogP contribution in [-0.4, -0.2) is 38.0 Å². The van der Waals surface area contributed by atoms with Crippen molar-refractivity contribution >= 4 is 35.2 Å². The minimum atomic E-state index is -0.289. The molecule has 2 aromatic rings. The Morgan fingerprint density at radius 2 is 1.93 bits per heavy atom. The van der Waals surface area contributed by atoms with Gasteiger partial charge in [0.15, 0.2) is 11.5 Å². The molecular formula is C21H23ClN2O4. The fraction of sp³-hybridized carbons (Fsp3) is 0.238. The van der Waals surface area contributed by atoms with E-state index in [-0.39, 0.29) is 11.8 Å². The Hall–Kier alpha value is -2.99. The first-order chi connectivity index (χ1) is 13.3. The highest BCUT2D eigenvalue weighted by Gasteiger charge is 2.10. The highest BCUT2D eigenvalue weighted by molar-refractivity contribution is 6.32. The second-order valence-corrected chi connectivity index (χ2v) is 6.54. The van der Waals surface area contributed by atoms with E-state index in [1.54, 1.807) is 36.2 Å². The van der Waals surface area contributed by atoms with Crippen molar-refractivity contribution in [1.29, 1.82) is 0 Å². The number of ether oxygens (including phenoxy) is 2. The van der Waals surface area contributed by atoms with E-state index < -0.39 is 0 Å². The van der Waals surface area contributed by atoms with Crippen molar-refractivity contribution in [2.75, 3.05) is 26.6 Å². The molecule has 148 valence electrons. The first-order valence-electron chi connectivity index (χ1n) is 8.55. The first-order valence-corrected chi connectivity index (χ1v) is 8.93. The maximum absolute atomic E-state index is 12.2. The van der Waals surface area contributed by atoms with Gasteiger partial charge in [-0.1, -0.05) is 23.7 Å². The van der Waals surface area contributed by atoms with Crippen molar-refractivity contribution in [3.05, 3.63) is 58.6 Å². The van der Waals surface area contributed by atoms with Gasteiger partial charge in [-0.2, -0.15) is 0 Å². The number of nitrogens with zero attached hydrogens (tertiary/aromatic N) is 1. The quantitative estimate of drug-likeness (QED) is 0.711. The number of halogens is 1. The molecule has 0 aliphatic carbocycles. The molecule has 0 saturated heterocycles. The molecule has 0 heterocycles. The summed E-state index contributed by atoms with van der Waals surface area (Å²) in [5.41, 5.74) is 2.27. The van der Waals surface area contributed by atoms with Crippen LogP contribution in [0.5, 0.6) is 11.5 Å². The molecule has 0 aliphatic rings. The van der Waals surface area contributed by atoms with Crippen LogP contribution in [0.15, 0.2) is 42.5 Å². The second-order valence-electron chi connectivity index (χ2n) is 6.14. The zero-order valence-electron chi connectivity index (χ0n) is 16.3. The number of carbonyl (C=O) groups is 2. The van der Waals surface area contributed by atoms with Gasteiger partial charge in [0.25, 0.3) is 0 Å². The summed E-state index contributed by atoms with van der Waals surface area (Å²) in [5, 5.41) is 3.20. The van der Waals surface area contributed by atoms with Gasteiger partial charge in [-0.25, -0.2) is 0 Å². The van der Waals surface area contributed by atoms with Gasteiger partial charge in [0.1, 0.15) is 0 Å².